The molecule has 1 atom stereocenters. The summed E-state index contributed by atoms with van der Waals surface area (Å²) in [5.74, 6) is 0.261. The van der Waals surface area contributed by atoms with E-state index in [2.05, 4.69) is 17.7 Å². The summed E-state index contributed by atoms with van der Waals surface area (Å²) >= 11 is 12.2. The van der Waals surface area contributed by atoms with Crippen LogP contribution in [0.4, 0.5) is 0 Å². The van der Waals surface area contributed by atoms with Crippen molar-refractivity contribution in [3.63, 3.8) is 0 Å². The molecule has 1 aromatic carbocycles. The van der Waals surface area contributed by atoms with Crippen LogP contribution in [-0.2, 0) is 21.4 Å². The third-order valence-electron chi connectivity index (χ3n) is 5.76. The largest absolute Gasteiger partial charge is 0.341 e. The SMILES string of the molecule is Cc1cc(Cl)cc(Cl)c1S(=O)(=O)NC(CCn1cccc1C#N)C(=O)N1CCC(C)CC1. The lowest BCUT2D eigenvalue weighted by Crippen LogP contribution is -2.51. The number of carbonyl (C=O) groups excluding carboxylic acids is 1. The quantitative estimate of drug-likeness (QED) is 0.626. The molecule has 3 rings (SSSR count). The predicted octanol–water partition coefficient (Wildman–Crippen LogP) is 3.97. The smallest absolute Gasteiger partial charge is 0.243 e. The molecule has 0 bridgehead atoms. The average Bonchev–Trinajstić information content (AvgIpc) is 3.17. The van der Waals surface area contributed by atoms with E-state index in [1.54, 1.807) is 34.7 Å². The number of aromatic nitrogens is 1. The number of sulfonamides is 1. The Bertz CT molecular complexity index is 1110. The number of hydrogen-bond acceptors (Lipinski definition) is 4. The number of likely N-dealkylation sites (tertiary alicyclic amines) is 1. The Labute approximate surface area is 199 Å². The standard InChI is InChI=1S/C22H26Cl2N4O3S/c1-15-5-9-28(10-6-15)22(29)20(7-11-27-8-3-4-18(27)14-25)26-32(30,31)21-16(2)12-17(23)13-19(21)24/h3-4,8,12-13,15,20,26H,5-7,9-11H2,1-2H3. The molecule has 1 aliphatic rings. The normalized spacial score (nSPS) is 16.0. The zero-order chi connectivity index (χ0) is 23.5. The van der Waals surface area contributed by atoms with Crippen LogP contribution in [0.2, 0.25) is 10.0 Å². The molecule has 32 heavy (non-hydrogen) atoms. The number of carbonyl (C=O) groups is 1. The van der Waals surface area contributed by atoms with Gasteiger partial charge in [0.25, 0.3) is 0 Å². The number of hydrogen-bond donors (Lipinski definition) is 1. The van der Waals surface area contributed by atoms with Gasteiger partial charge in [-0.15, -0.1) is 0 Å². The number of aryl methyl sites for hydroxylation is 2. The molecule has 0 radical (unpaired) electrons. The number of piperidine rings is 1. The molecule has 172 valence electrons. The fraction of sp³-hybridized carbons (Fsp3) is 0.455. The van der Waals surface area contributed by atoms with Gasteiger partial charge in [-0.25, -0.2) is 8.42 Å². The van der Waals surface area contributed by atoms with E-state index in [-0.39, 0.29) is 22.2 Å². The second kappa shape index (κ2) is 10.3. The maximum absolute atomic E-state index is 13.3. The molecule has 7 nitrogen and oxygen atoms in total. The van der Waals surface area contributed by atoms with Crippen LogP contribution in [0.5, 0.6) is 0 Å². The van der Waals surface area contributed by atoms with Crippen molar-refractivity contribution in [1.29, 1.82) is 5.26 Å². The number of benzene rings is 1. The van der Waals surface area contributed by atoms with Crippen LogP contribution >= 0.6 is 23.2 Å². The van der Waals surface area contributed by atoms with Crippen molar-refractivity contribution in [3.8, 4) is 6.07 Å². The lowest BCUT2D eigenvalue weighted by Gasteiger charge is -2.33. The Morgan fingerprint density at radius 1 is 1.31 bits per heavy atom. The fourth-order valence-electron chi connectivity index (χ4n) is 3.94. The number of nitriles is 1. The zero-order valence-electron chi connectivity index (χ0n) is 18.0. The highest BCUT2D eigenvalue weighted by Crippen LogP contribution is 2.29. The third kappa shape index (κ3) is 5.65. The first-order valence-electron chi connectivity index (χ1n) is 10.4. The van der Waals surface area contributed by atoms with Gasteiger partial charge in [0.2, 0.25) is 15.9 Å². The monoisotopic (exact) mass is 496 g/mol. The number of nitrogens with one attached hydrogen (secondary N) is 1. The number of nitrogens with zero attached hydrogens (tertiary/aromatic N) is 3. The van der Waals surface area contributed by atoms with Crippen molar-refractivity contribution < 1.29 is 13.2 Å². The first kappa shape index (κ1) is 24.6. The molecule has 1 fully saturated rings. The minimum absolute atomic E-state index is 0.00215. The van der Waals surface area contributed by atoms with Crippen LogP contribution in [0.3, 0.4) is 0 Å². The minimum Gasteiger partial charge on any atom is -0.341 e. The van der Waals surface area contributed by atoms with Gasteiger partial charge in [-0.2, -0.15) is 9.98 Å². The molecule has 0 saturated carbocycles. The van der Waals surface area contributed by atoms with Crippen molar-refractivity contribution in [1.82, 2.24) is 14.2 Å². The number of halogens is 2. The summed E-state index contributed by atoms with van der Waals surface area (Å²) in [6.45, 7) is 5.24. The molecule has 1 aliphatic heterocycles. The summed E-state index contributed by atoms with van der Waals surface area (Å²) in [5, 5.41) is 9.58. The van der Waals surface area contributed by atoms with Crippen LogP contribution < -0.4 is 4.72 Å². The van der Waals surface area contributed by atoms with Crippen molar-refractivity contribution in [2.75, 3.05) is 13.1 Å². The van der Waals surface area contributed by atoms with Crippen LogP contribution in [0.15, 0.2) is 35.4 Å². The van der Waals surface area contributed by atoms with Gasteiger partial charge in [0.1, 0.15) is 22.7 Å². The van der Waals surface area contributed by atoms with E-state index in [1.165, 1.54) is 12.1 Å². The summed E-state index contributed by atoms with van der Waals surface area (Å²) in [5.41, 5.74) is 0.840. The Morgan fingerprint density at radius 2 is 2.00 bits per heavy atom. The van der Waals surface area contributed by atoms with Gasteiger partial charge in [0.15, 0.2) is 0 Å². The minimum atomic E-state index is -4.10. The van der Waals surface area contributed by atoms with E-state index in [0.717, 1.165) is 12.8 Å². The van der Waals surface area contributed by atoms with Crippen LogP contribution in [-0.4, -0.2) is 42.9 Å². The maximum atomic E-state index is 13.3. The van der Waals surface area contributed by atoms with Gasteiger partial charge < -0.3 is 9.47 Å². The lowest BCUT2D eigenvalue weighted by molar-refractivity contribution is -0.134. The Hall–Kier alpha value is -2.05. The maximum Gasteiger partial charge on any atom is 0.243 e. The summed E-state index contributed by atoms with van der Waals surface area (Å²) in [6.07, 6.45) is 3.68. The zero-order valence-corrected chi connectivity index (χ0v) is 20.3. The van der Waals surface area contributed by atoms with E-state index >= 15 is 0 Å². The molecule has 0 spiro atoms. The van der Waals surface area contributed by atoms with Crippen LogP contribution in [0, 0.1) is 24.2 Å². The number of rotatable bonds is 7. The van der Waals surface area contributed by atoms with Crippen molar-refractivity contribution in [3.05, 3.63) is 51.8 Å². The van der Waals surface area contributed by atoms with Crippen LogP contribution in [0.1, 0.15) is 37.4 Å². The van der Waals surface area contributed by atoms with E-state index in [0.29, 0.717) is 41.8 Å². The molecule has 10 heteroatoms. The summed E-state index contributed by atoms with van der Waals surface area (Å²) in [6, 6.07) is 7.39. The fourth-order valence-corrected chi connectivity index (χ4v) is 6.35. The van der Waals surface area contributed by atoms with Gasteiger partial charge in [0.05, 0.1) is 5.02 Å². The summed E-state index contributed by atoms with van der Waals surface area (Å²) < 4.78 is 30.8. The Kier molecular flexibility index (Phi) is 7.88. The molecule has 1 aromatic heterocycles. The molecule has 1 N–H and O–H groups in total. The lowest BCUT2D eigenvalue weighted by atomic mass is 9.98. The highest BCUT2D eigenvalue weighted by Gasteiger charge is 2.32. The highest BCUT2D eigenvalue weighted by atomic mass is 35.5. The summed E-state index contributed by atoms with van der Waals surface area (Å²) in [7, 11) is -4.10. The molecule has 1 unspecified atom stereocenters. The second-order valence-corrected chi connectivity index (χ2v) is 10.7. The van der Waals surface area contributed by atoms with E-state index in [9.17, 15) is 18.5 Å². The van der Waals surface area contributed by atoms with E-state index in [4.69, 9.17) is 23.2 Å². The highest BCUT2D eigenvalue weighted by molar-refractivity contribution is 7.89. The molecule has 2 heterocycles. The van der Waals surface area contributed by atoms with Gasteiger partial charge >= 0.3 is 0 Å². The van der Waals surface area contributed by atoms with E-state index in [1.807, 2.05) is 0 Å². The molecule has 2 aromatic rings. The first-order chi connectivity index (χ1) is 15.1. The Balaban J connectivity index is 1.87. The molecule has 0 aliphatic carbocycles. The molecule has 1 amide bonds. The van der Waals surface area contributed by atoms with Gasteiger partial charge in [-0.1, -0.05) is 30.1 Å². The first-order valence-corrected chi connectivity index (χ1v) is 12.7. The molecular formula is C22H26Cl2N4O3S. The second-order valence-electron chi connectivity index (χ2n) is 8.20. The van der Waals surface area contributed by atoms with Gasteiger partial charge in [-0.3, -0.25) is 4.79 Å². The van der Waals surface area contributed by atoms with Gasteiger partial charge in [-0.05, 0) is 61.9 Å². The Morgan fingerprint density at radius 3 is 2.62 bits per heavy atom. The predicted molar refractivity (Wildman–Crippen MR) is 124 cm³/mol. The molecule has 1 saturated heterocycles. The number of amides is 1. The average molecular weight is 497 g/mol. The van der Waals surface area contributed by atoms with E-state index < -0.39 is 16.1 Å². The van der Waals surface area contributed by atoms with Crippen molar-refractivity contribution in [2.24, 2.45) is 5.92 Å². The topological polar surface area (TPSA) is 95.2 Å². The van der Waals surface area contributed by atoms with Crippen molar-refractivity contribution >= 4 is 39.1 Å². The van der Waals surface area contributed by atoms with Gasteiger partial charge in [0, 0.05) is 30.9 Å². The van der Waals surface area contributed by atoms with Crippen molar-refractivity contribution in [2.45, 2.75) is 50.6 Å². The molecular weight excluding hydrogens is 471 g/mol. The third-order valence-corrected chi connectivity index (χ3v) is 8.06. The van der Waals surface area contributed by atoms with Crippen LogP contribution in [0.25, 0.3) is 0 Å². The summed E-state index contributed by atoms with van der Waals surface area (Å²) in [4.78, 5) is 14.9.